The van der Waals surface area contributed by atoms with E-state index >= 15 is 0 Å². The average molecular weight is 182 g/mol. The molecule has 1 atom stereocenters. The molecule has 0 aliphatic carbocycles. The molecule has 70 valence electrons. The van der Waals surface area contributed by atoms with Gasteiger partial charge in [0.15, 0.2) is 0 Å². The summed E-state index contributed by atoms with van der Waals surface area (Å²) in [5, 5.41) is 1.23. The van der Waals surface area contributed by atoms with E-state index < -0.39 is 17.9 Å². The minimum Gasteiger partial charge on any atom is -0.289 e. The first-order chi connectivity index (χ1) is 5.41. The number of halogens is 3. The number of rotatable bonds is 1. The Hall–Kier alpha value is -0.620. The van der Waals surface area contributed by atoms with E-state index in [2.05, 4.69) is 0 Å². The van der Waals surface area contributed by atoms with Gasteiger partial charge in [0.1, 0.15) is 0 Å². The number of alkyl halides is 3. The van der Waals surface area contributed by atoms with Gasteiger partial charge >= 0.3 is 6.18 Å². The quantitative estimate of drug-likeness (QED) is 0.594. The first kappa shape index (κ1) is 9.47. The van der Waals surface area contributed by atoms with E-state index in [0.717, 1.165) is 0 Å². The molecule has 12 heavy (non-hydrogen) atoms. The van der Waals surface area contributed by atoms with E-state index in [1.54, 1.807) is 0 Å². The number of nitrogens with two attached hydrogens (primary N) is 1. The number of nitrogens with zero attached hydrogens (tertiary/aromatic N) is 1. The molecule has 2 N–H and O–H groups in total. The molecule has 0 aromatic carbocycles. The fraction of sp³-hybridized carbons (Fsp3) is 0.833. The topological polar surface area (TPSA) is 46.3 Å². The Balaban J connectivity index is 2.55. The Morgan fingerprint density at radius 2 is 2.08 bits per heavy atom. The van der Waals surface area contributed by atoms with Crippen LogP contribution >= 0.6 is 0 Å². The molecule has 3 nitrogen and oxygen atoms in total. The van der Waals surface area contributed by atoms with Gasteiger partial charge in [0, 0.05) is 19.0 Å². The first-order valence-electron chi connectivity index (χ1n) is 3.52. The number of hydrogen-bond donors (Lipinski definition) is 1. The zero-order valence-electron chi connectivity index (χ0n) is 6.27. The molecule has 1 saturated heterocycles. The average Bonchev–Trinajstić information content (AvgIpc) is 2.32. The minimum atomic E-state index is -4.71. The Morgan fingerprint density at radius 1 is 1.50 bits per heavy atom. The van der Waals surface area contributed by atoms with Gasteiger partial charge in [0.25, 0.3) is 0 Å². The molecule has 0 saturated carbocycles. The highest BCUT2D eigenvalue weighted by molar-refractivity contribution is 5.86. The van der Waals surface area contributed by atoms with Crippen LogP contribution in [0.1, 0.15) is 6.42 Å². The summed E-state index contributed by atoms with van der Waals surface area (Å²) in [6.07, 6.45) is -4.51. The van der Waals surface area contributed by atoms with Crippen molar-refractivity contribution in [2.75, 3.05) is 13.1 Å². The van der Waals surface area contributed by atoms with Gasteiger partial charge in [0.05, 0.1) is 0 Å². The Bertz CT molecular complexity index is 192. The van der Waals surface area contributed by atoms with Gasteiger partial charge in [-0.15, -0.1) is 0 Å². The highest BCUT2D eigenvalue weighted by Crippen LogP contribution is 2.25. The zero-order chi connectivity index (χ0) is 9.35. The fourth-order valence-electron chi connectivity index (χ4n) is 1.23. The Kier molecular flexibility index (Phi) is 2.39. The maximum Gasteiger partial charge on any atom is 0.450 e. The summed E-state index contributed by atoms with van der Waals surface area (Å²) in [5.41, 5.74) is 0. The van der Waals surface area contributed by atoms with Gasteiger partial charge in [-0.25, -0.2) is 5.01 Å². The third kappa shape index (κ3) is 1.95. The predicted octanol–water partition coefficient (Wildman–Crippen LogP) is 0.313. The molecule has 1 heterocycles. The maximum atomic E-state index is 11.8. The van der Waals surface area contributed by atoms with E-state index in [-0.39, 0.29) is 13.0 Å². The van der Waals surface area contributed by atoms with Crippen LogP contribution in [0, 0.1) is 5.92 Å². The molecule has 1 fully saturated rings. The standard InChI is InChI=1S/C6H9F3N2O/c7-6(8,9)5(12)4-1-2-11(10)3-4/h4H,1-3,10H2/t4-/m0/s1. The number of carbonyl (C=O) groups excluding carboxylic acids is 1. The second-order valence-corrected chi connectivity index (χ2v) is 2.84. The monoisotopic (exact) mass is 182 g/mol. The van der Waals surface area contributed by atoms with E-state index in [4.69, 9.17) is 5.84 Å². The van der Waals surface area contributed by atoms with Crippen molar-refractivity contribution in [3.8, 4) is 0 Å². The fourth-order valence-corrected chi connectivity index (χ4v) is 1.23. The summed E-state index contributed by atoms with van der Waals surface area (Å²) in [4.78, 5) is 10.6. The molecule has 0 amide bonds. The minimum absolute atomic E-state index is 0.0122. The summed E-state index contributed by atoms with van der Waals surface area (Å²) in [7, 11) is 0. The SMILES string of the molecule is NN1CC[C@H](C(=O)C(F)(F)F)C1. The summed E-state index contributed by atoms with van der Waals surface area (Å²) in [6.45, 7) is 0.366. The third-order valence-electron chi connectivity index (χ3n) is 1.87. The largest absolute Gasteiger partial charge is 0.450 e. The lowest BCUT2D eigenvalue weighted by Crippen LogP contribution is -2.34. The van der Waals surface area contributed by atoms with Gasteiger partial charge in [0.2, 0.25) is 5.78 Å². The van der Waals surface area contributed by atoms with Crippen LogP contribution in [0.5, 0.6) is 0 Å². The molecule has 0 aromatic rings. The molecule has 1 aliphatic rings. The molecule has 0 radical (unpaired) electrons. The highest BCUT2D eigenvalue weighted by Gasteiger charge is 2.44. The number of hydrazine groups is 1. The third-order valence-corrected chi connectivity index (χ3v) is 1.87. The van der Waals surface area contributed by atoms with Gasteiger partial charge in [-0.1, -0.05) is 0 Å². The molecule has 1 rings (SSSR count). The van der Waals surface area contributed by atoms with Gasteiger partial charge in [-0.2, -0.15) is 13.2 Å². The first-order valence-corrected chi connectivity index (χ1v) is 3.52. The summed E-state index contributed by atoms with van der Waals surface area (Å²) in [5.74, 6) is 2.60. The molecule has 0 spiro atoms. The predicted molar refractivity (Wildman–Crippen MR) is 34.9 cm³/mol. The summed E-state index contributed by atoms with van der Waals surface area (Å²) in [6, 6.07) is 0. The van der Waals surface area contributed by atoms with Crippen LogP contribution in [0.3, 0.4) is 0 Å². The van der Waals surface area contributed by atoms with Crippen molar-refractivity contribution >= 4 is 5.78 Å². The van der Waals surface area contributed by atoms with Crippen LogP contribution in [0.4, 0.5) is 13.2 Å². The van der Waals surface area contributed by atoms with Crippen molar-refractivity contribution in [1.82, 2.24) is 5.01 Å². The lowest BCUT2D eigenvalue weighted by molar-refractivity contribution is -0.175. The van der Waals surface area contributed by atoms with Crippen LogP contribution in [0.15, 0.2) is 0 Å². The van der Waals surface area contributed by atoms with Crippen molar-refractivity contribution in [3.05, 3.63) is 0 Å². The lowest BCUT2D eigenvalue weighted by Gasteiger charge is -2.10. The van der Waals surface area contributed by atoms with Gasteiger partial charge < -0.3 is 0 Å². The molecular weight excluding hydrogens is 173 g/mol. The van der Waals surface area contributed by atoms with Gasteiger partial charge in [-0.05, 0) is 6.42 Å². The van der Waals surface area contributed by atoms with Crippen molar-refractivity contribution in [2.24, 2.45) is 11.8 Å². The normalized spacial score (nSPS) is 26.2. The summed E-state index contributed by atoms with van der Waals surface area (Å²) < 4.78 is 35.5. The van der Waals surface area contributed by atoms with Crippen LogP contribution in [-0.2, 0) is 4.79 Å². The number of hydrogen-bond acceptors (Lipinski definition) is 3. The number of ketones is 1. The highest BCUT2D eigenvalue weighted by atomic mass is 19.4. The second-order valence-electron chi connectivity index (χ2n) is 2.84. The van der Waals surface area contributed by atoms with Crippen molar-refractivity contribution in [1.29, 1.82) is 0 Å². The zero-order valence-corrected chi connectivity index (χ0v) is 6.27. The number of carbonyl (C=O) groups is 1. The number of Topliss-reactive ketones (excluding diaryl/α,β-unsaturated/α-hetero) is 1. The van der Waals surface area contributed by atoms with E-state index in [9.17, 15) is 18.0 Å². The van der Waals surface area contributed by atoms with E-state index in [1.165, 1.54) is 5.01 Å². The van der Waals surface area contributed by atoms with Crippen LogP contribution in [-0.4, -0.2) is 30.1 Å². The molecule has 0 aromatic heterocycles. The molecule has 6 heteroatoms. The van der Waals surface area contributed by atoms with Crippen LogP contribution in [0.2, 0.25) is 0 Å². The van der Waals surface area contributed by atoms with Gasteiger partial charge in [-0.3, -0.25) is 10.6 Å². The molecule has 0 bridgehead atoms. The van der Waals surface area contributed by atoms with E-state index in [1.807, 2.05) is 0 Å². The van der Waals surface area contributed by atoms with Crippen LogP contribution < -0.4 is 5.84 Å². The van der Waals surface area contributed by atoms with Crippen molar-refractivity contribution < 1.29 is 18.0 Å². The molecular formula is C6H9F3N2O. The Labute approximate surface area is 67.3 Å². The second kappa shape index (κ2) is 3.02. The summed E-state index contributed by atoms with van der Waals surface area (Å²) >= 11 is 0. The molecule has 1 aliphatic heterocycles. The van der Waals surface area contributed by atoms with Crippen LogP contribution in [0.25, 0.3) is 0 Å². The Morgan fingerprint density at radius 3 is 2.42 bits per heavy atom. The maximum absolute atomic E-state index is 11.8. The van der Waals surface area contributed by atoms with Crippen molar-refractivity contribution in [3.63, 3.8) is 0 Å². The smallest absolute Gasteiger partial charge is 0.289 e. The lowest BCUT2D eigenvalue weighted by atomic mass is 10.0. The van der Waals surface area contributed by atoms with E-state index in [0.29, 0.717) is 6.54 Å². The molecule has 0 unspecified atom stereocenters. The van der Waals surface area contributed by atoms with Crippen molar-refractivity contribution in [2.45, 2.75) is 12.6 Å².